The molecular weight excluding hydrogens is 364 g/mol. The Balaban J connectivity index is 2.18. The summed E-state index contributed by atoms with van der Waals surface area (Å²) in [6, 6.07) is 8.09. The zero-order chi connectivity index (χ0) is 20.1. The first-order valence-corrected chi connectivity index (χ1v) is 8.09. The van der Waals surface area contributed by atoms with E-state index >= 15 is 0 Å². The van der Waals surface area contributed by atoms with E-state index < -0.39 is 30.2 Å². The van der Waals surface area contributed by atoms with Gasteiger partial charge in [-0.1, -0.05) is 18.2 Å². The van der Waals surface area contributed by atoms with Gasteiger partial charge in [0.1, 0.15) is 23.4 Å². The zero-order valence-corrected chi connectivity index (χ0v) is 15.1. The molecule has 1 atom stereocenters. The van der Waals surface area contributed by atoms with Crippen molar-refractivity contribution in [1.29, 1.82) is 0 Å². The van der Waals surface area contributed by atoms with Gasteiger partial charge in [0.25, 0.3) is 0 Å². The van der Waals surface area contributed by atoms with Gasteiger partial charge in [0.05, 0.1) is 5.56 Å². The van der Waals surface area contributed by atoms with E-state index in [1.165, 1.54) is 47.2 Å². The van der Waals surface area contributed by atoms with Gasteiger partial charge in [0.15, 0.2) is 0 Å². The summed E-state index contributed by atoms with van der Waals surface area (Å²) in [5.74, 6) is -2.10. The van der Waals surface area contributed by atoms with Crippen molar-refractivity contribution in [2.75, 3.05) is 21.1 Å². The molecule has 2 rings (SSSR count). The molecule has 0 bridgehead atoms. The van der Waals surface area contributed by atoms with Crippen molar-refractivity contribution >= 4 is 5.91 Å². The number of hydrogen-bond acceptors (Lipinski definition) is 3. The lowest BCUT2D eigenvalue weighted by Crippen LogP contribution is -2.39. The van der Waals surface area contributed by atoms with Crippen molar-refractivity contribution in [2.45, 2.75) is 19.2 Å². The number of likely N-dealkylation sites (N-methyl/N-ethyl adjacent to an activating group) is 2. The molecule has 146 valence electrons. The Morgan fingerprint density at radius 1 is 1.00 bits per heavy atom. The van der Waals surface area contributed by atoms with Gasteiger partial charge >= 0.3 is 6.61 Å². The molecule has 1 amide bonds. The third-order valence-corrected chi connectivity index (χ3v) is 3.97. The van der Waals surface area contributed by atoms with Gasteiger partial charge in [-0.05, 0) is 43.9 Å². The molecule has 2 aromatic rings. The molecule has 0 radical (unpaired) electrons. The maximum absolute atomic E-state index is 14.1. The van der Waals surface area contributed by atoms with Crippen LogP contribution in [0, 0.1) is 11.6 Å². The first-order valence-electron chi connectivity index (χ1n) is 8.09. The summed E-state index contributed by atoms with van der Waals surface area (Å²) in [5.41, 5.74) is 0.332. The van der Waals surface area contributed by atoms with Crippen LogP contribution in [-0.4, -0.2) is 43.5 Å². The summed E-state index contributed by atoms with van der Waals surface area (Å²) in [4.78, 5) is 15.6. The molecule has 0 saturated carbocycles. The summed E-state index contributed by atoms with van der Waals surface area (Å²) in [7, 11) is 4.61. The lowest BCUT2D eigenvalue weighted by atomic mass is 10.0. The smallest absolute Gasteiger partial charge is 0.387 e. The molecule has 8 heteroatoms. The molecule has 4 nitrogen and oxygen atoms in total. The molecule has 0 aliphatic heterocycles. The molecule has 2 aromatic carbocycles. The van der Waals surface area contributed by atoms with Crippen molar-refractivity contribution in [3.63, 3.8) is 0 Å². The highest BCUT2D eigenvalue weighted by Gasteiger charge is 2.31. The molecule has 27 heavy (non-hydrogen) atoms. The van der Waals surface area contributed by atoms with Crippen LogP contribution in [-0.2, 0) is 11.3 Å². The highest BCUT2D eigenvalue weighted by Crippen LogP contribution is 2.27. The van der Waals surface area contributed by atoms with Crippen LogP contribution in [0.5, 0.6) is 5.75 Å². The van der Waals surface area contributed by atoms with Crippen LogP contribution in [0.4, 0.5) is 17.6 Å². The van der Waals surface area contributed by atoms with Crippen LogP contribution < -0.4 is 4.74 Å². The van der Waals surface area contributed by atoms with Crippen molar-refractivity contribution in [3.05, 3.63) is 65.2 Å². The van der Waals surface area contributed by atoms with E-state index in [9.17, 15) is 22.4 Å². The molecule has 0 heterocycles. The van der Waals surface area contributed by atoms with E-state index in [1.807, 2.05) is 0 Å². The van der Waals surface area contributed by atoms with E-state index in [-0.39, 0.29) is 17.9 Å². The van der Waals surface area contributed by atoms with Crippen LogP contribution >= 0.6 is 0 Å². The third-order valence-electron chi connectivity index (χ3n) is 3.97. The highest BCUT2D eigenvalue weighted by atomic mass is 19.3. The van der Waals surface area contributed by atoms with Crippen LogP contribution in [0.3, 0.4) is 0 Å². The van der Waals surface area contributed by atoms with Gasteiger partial charge in [0, 0.05) is 13.6 Å². The van der Waals surface area contributed by atoms with Crippen LogP contribution in [0.15, 0.2) is 42.5 Å². The van der Waals surface area contributed by atoms with E-state index in [0.29, 0.717) is 5.56 Å². The summed E-state index contributed by atoms with van der Waals surface area (Å²) in [6.07, 6.45) is 0. The fraction of sp³-hybridized carbons (Fsp3) is 0.316. The van der Waals surface area contributed by atoms with Crippen LogP contribution in [0.25, 0.3) is 0 Å². The van der Waals surface area contributed by atoms with Crippen molar-refractivity contribution in [2.24, 2.45) is 0 Å². The van der Waals surface area contributed by atoms with E-state index in [4.69, 9.17) is 0 Å². The molecular formula is C19H20F4N2O2. The fourth-order valence-electron chi connectivity index (χ4n) is 2.71. The highest BCUT2D eigenvalue weighted by molar-refractivity contribution is 5.83. The average Bonchev–Trinajstić information content (AvgIpc) is 2.58. The minimum Gasteiger partial charge on any atom is -0.435 e. The van der Waals surface area contributed by atoms with Gasteiger partial charge in [-0.15, -0.1) is 0 Å². The second kappa shape index (κ2) is 8.85. The van der Waals surface area contributed by atoms with Crippen molar-refractivity contribution in [1.82, 2.24) is 9.80 Å². The largest absolute Gasteiger partial charge is 0.435 e. The predicted octanol–water partition coefficient (Wildman–Crippen LogP) is 3.83. The van der Waals surface area contributed by atoms with Gasteiger partial charge in [-0.25, -0.2) is 8.78 Å². The quantitative estimate of drug-likeness (QED) is 0.681. The fourth-order valence-corrected chi connectivity index (χ4v) is 2.71. The molecule has 0 spiro atoms. The van der Waals surface area contributed by atoms with Crippen LogP contribution in [0.1, 0.15) is 17.2 Å². The summed E-state index contributed by atoms with van der Waals surface area (Å²) in [5, 5.41) is 0. The second-order valence-corrected chi connectivity index (χ2v) is 6.22. The Morgan fingerprint density at radius 2 is 1.56 bits per heavy atom. The van der Waals surface area contributed by atoms with E-state index in [1.54, 1.807) is 14.1 Å². The van der Waals surface area contributed by atoms with E-state index in [2.05, 4.69) is 4.74 Å². The Hall–Kier alpha value is -2.61. The number of halogens is 4. The average molecular weight is 384 g/mol. The summed E-state index contributed by atoms with van der Waals surface area (Å²) in [6.45, 7) is -2.79. The minimum absolute atomic E-state index is 0.00215. The lowest BCUT2D eigenvalue weighted by Gasteiger charge is -2.29. The lowest BCUT2D eigenvalue weighted by molar-refractivity contribution is -0.135. The number of alkyl halides is 2. The molecule has 0 aliphatic rings. The Kier molecular flexibility index (Phi) is 6.79. The molecule has 0 saturated heterocycles. The third kappa shape index (κ3) is 5.19. The predicted molar refractivity (Wildman–Crippen MR) is 92.3 cm³/mol. The Labute approximate surface area is 154 Å². The zero-order valence-electron chi connectivity index (χ0n) is 15.1. The van der Waals surface area contributed by atoms with Gasteiger partial charge in [-0.2, -0.15) is 8.78 Å². The normalized spacial score (nSPS) is 12.3. The Morgan fingerprint density at radius 3 is 2.04 bits per heavy atom. The maximum atomic E-state index is 14.1. The number of ether oxygens (including phenoxy) is 1. The van der Waals surface area contributed by atoms with Crippen LogP contribution in [0.2, 0.25) is 0 Å². The number of amides is 1. The minimum atomic E-state index is -2.92. The van der Waals surface area contributed by atoms with Gasteiger partial charge < -0.3 is 9.64 Å². The number of hydrogen-bond donors (Lipinski definition) is 0. The second-order valence-electron chi connectivity index (χ2n) is 6.22. The number of benzene rings is 2. The molecule has 0 aliphatic carbocycles. The van der Waals surface area contributed by atoms with E-state index in [0.717, 1.165) is 12.1 Å². The molecule has 0 aromatic heterocycles. The summed E-state index contributed by atoms with van der Waals surface area (Å²) < 4.78 is 56.9. The molecule has 0 N–H and O–H groups in total. The van der Waals surface area contributed by atoms with Gasteiger partial charge in [0.2, 0.25) is 5.91 Å². The molecule has 0 unspecified atom stereocenters. The first kappa shape index (κ1) is 20.7. The maximum Gasteiger partial charge on any atom is 0.387 e. The first-order chi connectivity index (χ1) is 12.7. The number of carbonyl (C=O) groups excluding carboxylic acids is 1. The van der Waals surface area contributed by atoms with Gasteiger partial charge in [-0.3, -0.25) is 9.69 Å². The SMILES string of the molecule is CN(Cc1ccc(OC(F)F)cc1)C(=O)[C@H](c1c(F)cccc1F)N(C)C. The molecule has 0 fully saturated rings. The van der Waals surface area contributed by atoms with Crippen molar-refractivity contribution in [3.8, 4) is 5.75 Å². The number of nitrogens with zero attached hydrogens (tertiary/aromatic N) is 2. The summed E-state index contributed by atoms with van der Waals surface area (Å²) >= 11 is 0. The number of rotatable bonds is 7. The monoisotopic (exact) mass is 384 g/mol. The number of carbonyl (C=O) groups is 1. The van der Waals surface area contributed by atoms with Crippen molar-refractivity contribution < 1.29 is 27.1 Å². The topological polar surface area (TPSA) is 32.8 Å². The standard InChI is InChI=1S/C19H20F4N2O2/c1-24(2)17(16-14(20)5-4-6-15(16)21)18(26)25(3)11-12-7-9-13(10-8-12)27-19(22)23/h4-10,17,19H,11H2,1-3H3/t17-/m0/s1. The Bertz CT molecular complexity index is 762.